The quantitative estimate of drug-likeness (QED) is 0.572. The Hall–Kier alpha value is -0.725. The lowest BCUT2D eigenvalue weighted by Gasteiger charge is -2.11. The summed E-state index contributed by atoms with van der Waals surface area (Å²) in [6.45, 7) is -4.77. The van der Waals surface area contributed by atoms with E-state index in [0.717, 1.165) is 12.8 Å². The molecular formula is C5H7BF3N4S-. The third-order valence-electron chi connectivity index (χ3n) is 1.76. The van der Waals surface area contributed by atoms with Crippen molar-refractivity contribution in [1.29, 1.82) is 0 Å². The van der Waals surface area contributed by atoms with Crippen molar-refractivity contribution in [2.45, 2.75) is 24.0 Å². The van der Waals surface area contributed by atoms with Gasteiger partial charge in [-0.2, -0.15) is 0 Å². The van der Waals surface area contributed by atoms with Crippen LogP contribution in [0.25, 0.3) is 0 Å². The highest BCUT2D eigenvalue weighted by Crippen LogP contribution is 2.36. The second-order valence-electron chi connectivity index (χ2n) is 3.16. The number of rotatable bonds is 4. The predicted molar refractivity (Wildman–Crippen MR) is 45.9 cm³/mol. The van der Waals surface area contributed by atoms with Crippen LogP contribution in [0.2, 0.25) is 0 Å². The highest BCUT2D eigenvalue weighted by Gasteiger charge is 2.30. The average Bonchev–Trinajstić information content (AvgIpc) is 2.81. The van der Waals surface area contributed by atoms with Crippen LogP contribution in [0, 0.1) is 0 Å². The molecular weight excluding hydrogens is 216 g/mol. The predicted octanol–water partition coefficient (Wildman–Crippen LogP) is 1.49. The zero-order valence-electron chi connectivity index (χ0n) is 7.11. The summed E-state index contributed by atoms with van der Waals surface area (Å²) < 4.78 is 37.4. The molecule has 0 bridgehead atoms. The Labute approximate surface area is 82.3 Å². The first kappa shape index (κ1) is 9.82. The monoisotopic (exact) mass is 223 g/mol. The molecule has 0 aromatic carbocycles. The SMILES string of the molecule is F[B-](F)(F)CSc1nnnn1C1CC1. The van der Waals surface area contributed by atoms with E-state index in [4.69, 9.17) is 0 Å². The normalized spacial score (nSPS) is 17.4. The number of aromatic nitrogens is 4. The van der Waals surface area contributed by atoms with Gasteiger partial charge in [0.2, 0.25) is 5.16 Å². The Kier molecular flexibility index (Phi) is 2.42. The zero-order valence-corrected chi connectivity index (χ0v) is 7.92. The van der Waals surface area contributed by atoms with E-state index in [2.05, 4.69) is 15.5 Å². The van der Waals surface area contributed by atoms with E-state index in [-0.39, 0.29) is 11.2 Å². The topological polar surface area (TPSA) is 43.6 Å². The van der Waals surface area contributed by atoms with E-state index in [1.165, 1.54) is 4.68 Å². The van der Waals surface area contributed by atoms with Gasteiger partial charge in [0, 0.05) is 0 Å². The number of tetrazole rings is 1. The number of halogens is 3. The van der Waals surface area contributed by atoms with E-state index < -0.39 is 12.6 Å². The molecule has 0 N–H and O–H groups in total. The van der Waals surface area contributed by atoms with Crippen LogP contribution in [0.3, 0.4) is 0 Å². The Morgan fingerprint density at radius 1 is 1.43 bits per heavy atom. The third-order valence-corrected chi connectivity index (χ3v) is 2.83. The lowest BCUT2D eigenvalue weighted by molar-refractivity contribution is 0.484. The maximum absolute atomic E-state index is 12.0. The summed E-state index contributed by atoms with van der Waals surface area (Å²) in [4.78, 5) is 0. The second kappa shape index (κ2) is 3.45. The largest absolute Gasteiger partial charge is 0.488 e. The van der Waals surface area contributed by atoms with Gasteiger partial charge in [0.1, 0.15) is 0 Å². The minimum Gasteiger partial charge on any atom is -0.448 e. The van der Waals surface area contributed by atoms with Crippen molar-refractivity contribution in [2.24, 2.45) is 0 Å². The summed E-state index contributed by atoms with van der Waals surface area (Å²) >= 11 is 0.659. The van der Waals surface area contributed by atoms with Gasteiger partial charge in [0.25, 0.3) is 0 Å². The Morgan fingerprint density at radius 3 is 2.71 bits per heavy atom. The van der Waals surface area contributed by atoms with Crippen molar-refractivity contribution in [3.63, 3.8) is 0 Å². The molecule has 0 radical (unpaired) electrons. The fourth-order valence-corrected chi connectivity index (χ4v) is 1.75. The first-order valence-corrected chi connectivity index (χ1v) is 5.16. The lowest BCUT2D eigenvalue weighted by Crippen LogP contribution is -2.19. The fraction of sp³-hybridized carbons (Fsp3) is 0.800. The second-order valence-corrected chi connectivity index (χ2v) is 4.15. The van der Waals surface area contributed by atoms with Crippen LogP contribution < -0.4 is 0 Å². The molecule has 1 heterocycles. The molecule has 2 rings (SSSR count). The molecule has 1 fully saturated rings. The van der Waals surface area contributed by atoms with Gasteiger partial charge in [-0.25, -0.2) is 4.68 Å². The zero-order chi connectivity index (χ0) is 10.2. The van der Waals surface area contributed by atoms with Gasteiger partial charge >= 0.3 is 6.98 Å². The Bertz CT molecular complexity index is 323. The first-order valence-electron chi connectivity index (χ1n) is 4.18. The van der Waals surface area contributed by atoms with E-state index >= 15 is 0 Å². The van der Waals surface area contributed by atoms with E-state index in [1.807, 2.05) is 0 Å². The Balaban J connectivity index is 1.98. The summed E-state index contributed by atoms with van der Waals surface area (Å²) in [5, 5.41) is 10.8. The van der Waals surface area contributed by atoms with Gasteiger partial charge in [-0.15, -0.1) is 16.9 Å². The molecule has 1 saturated carbocycles. The molecule has 0 spiro atoms. The van der Waals surface area contributed by atoms with Gasteiger partial charge < -0.3 is 12.9 Å². The molecule has 1 aliphatic carbocycles. The smallest absolute Gasteiger partial charge is 0.448 e. The molecule has 1 aromatic rings. The molecule has 14 heavy (non-hydrogen) atoms. The summed E-state index contributed by atoms with van der Waals surface area (Å²) in [5.74, 6) is 0. The van der Waals surface area contributed by atoms with Crippen LogP contribution in [0.4, 0.5) is 12.9 Å². The standard InChI is InChI=1S/C5H7BF3N4S/c7-6(8,9)3-14-5-10-11-12-13(5)4-1-2-4/h4H,1-3H2/q-1. The minimum absolute atomic E-state index is 0.216. The minimum atomic E-state index is -4.77. The fourth-order valence-electron chi connectivity index (χ4n) is 0.998. The summed E-state index contributed by atoms with van der Waals surface area (Å²) in [7, 11) is 0. The van der Waals surface area contributed by atoms with E-state index in [1.54, 1.807) is 0 Å². The van der Waals surface area contributed by atoms with Gasteiger partial charge in [-0.05, 0) is 28.9 Å². The lowest BCUT2D eigenvalue weighted by atomic mass is 9.98. The summed E-state index contributed by atoms with van der Waals surface area (Å²) in [5.41, 5.74) is -0.882. The van der Waals surface area contributed by atoms with Crippen LogP contribution in [0.5, 0.6) is 0 Å². The molecule has 0 unspecified atom stereocenters. The molecule has 0 amide bonds. The van der Waals surface area contributed by atoms with Gasteiger partial charge in [-0.3, -0.25) is 0 Å². The number of nitrogens with zero attached hydrogens (tertiary/aromatic N) is 4. The van der Waals surface area contributed by atoms with Gasteiger partial charge in [-0.1, -0.05) is 0 Å². The van der Waals surface area contributed by atoms with E-state index in [9.17, 15) is 12.9 Å². The highest BCUT2D eigenvalue weighted by molar-refractivity contribution is 8.00. The van der Waals surface area contributed by atoms with Crippen LogP contribution in [0.1, 0.15) is 18.9 Å². The van der Waals surface area contributed by atoms with Crippen LogP contribution in [-0.2, 0) is 0 Å². The van der Waals surface area contributed by atoms with Gasteiger partial charge in [0.05, 0.1) is 6.04 Å². The molecule has 9 heteroatoms. The third kappa shape index (κ3) is 2.40. The maximum Gasteiger partial charge on any atom is 0.488 e. The summed E-state index contributed by atoms with van der Waals surface area (Å²) in [6.07, 6.45) is 1.91. The van der Waals surface area contributed by atoms with E-state index in [0.29, 0.717) is 11.8 Å². The Morgan fingerprint density at radius 2 is 2.14 bits per heavy atom. The number of hydrogen-bond donors (Lipinski definition) is 0. The first-order chi connectivity index (χ1) is 6.56. The van der Waals surface area contributed by atoms with Crippen molar-refractivity contribution in [3.8, 4) is 0 Å². The van der Waals surface area contributed by atoms with Crippen molar-refractivity contribution >= 4 is 18.7 Å². The highest BCUT2D eigenvalue weighted by atomic mass is 32.2. The van der Waals surface area contributed by atoms with Crippen LogP contribution in [-0.4, -0.2) is 32.8 Å². The van der Waals surface area contributed by atoms with Crippen LogP contribution in [0.15, 0.2) is 5.16 Å². The van der Waals surface area contributed by atoms with Gasteiger partial charge in [0.15, 0.2) is 0 Å². The average molecular weight is 223 g/mol. The molecule has 0 atom stereocenters. The molecule has 0 saturated heterocycles. The van der Waals surface area contributed by atoms with Crippen LogP contribution >= 0.6 is 11.8 Å². The van der Waals surface area contributed by atoms with Crippen molar-refractivity contribution in [1.82, 2.24) is 20.2 Å². The van der Waals surface area contributed by atoms with Crippen molar-refractivity contribution < 1.29 is 12.9 Å². The summed E-state index contributed by atoms with van der Waals surface area (Å²) in [6, 6.07) is 0.216. The van der Waals surface area contributed by atoms with Crippen molar-refractivity contribution in [3.05, 3.63) is 0 Å². The molecule has 4 nitrogen and oxygen atoms in total. The molecule has 78 valence electrons. The molecule has 0 aliphatic heterocycles. The molecule has 1 aromatic heterocycles. The molecule has 1 aliphatic rings. The number of hydrogen-bond acceptors (Lipinski definition) is 4. The number of thioether (sulfide) groups is 1. The van der Waals surface area contributed by atoms with Crippen molar-refractivity contribution in [2.75, 3.05) is 5.65 Å². The maximum atomic E-state index is 12.0.